The zero-order valence-corrected chi connectivity index (χ0v) is 15.4. The van der Waals surface area contributed by atoms with Crippen molar-refractivity contribution in [2.75, 3.05) is 27.2 Å². The summed E-state index contributed by atoms with van der Waals surface area (Å²) >= 11 is 0. The molecule has 0 aliphatic carbocycles. The summed E-state index contributed by atoms with van der Waals surface area (Å²) in [4.78, 5) is 18.9. The average molecular weight is 366 g/mol. The number of aryl methyl sites for hydroxylation is 1. The number of imidazole rings is 1. The minimum absolute atomic E-state index is 0.176. The smallest absolute Gasteiger partial charge is 0.275 e. The highest BCUT2D eigenvalue weighted by molar-refractivity contribution is 7.88. The van der Waals surface area contributed by atoms with Gasteiger partial charge in [0, 0.05) is 58.6 Å². The van der Waals surface area contributed by atoms with E-state index in [0.29, 0.717) is 13.1 Å². The van der Waals surface area contributed by atoms with Gasteiger partial charge in [-0.2, -0.15) is 0 Å². The van der Waals surface area contributed by atoms with Crippen molar-refractivity contribution in [2.24, 2.45) is 7.05 Å². The van der Waals surface area contributed by atoms with Crippen molar-refractivity contribution >= 4 is 15.9 Å². The Bertz CT molecular complexity index is 868. The molecular weight excluding hydrogens is 344 g/mol. The van der Waals surface area contributed by atoms with Crippen LogP contribution in [0, 0.1) is 0 Å². The van der Waals surface area contributed by atoms with Gasteiger partial charge in [-0.25, -0.2) is 17.7 Å². The molecule has 1 aliphatic heterocycles. The molecule has 1 fully saturated rings. The molecular formula is C16H22N4O4S. The SMILES string of the molecule is CN(C)S(=O)(=O)c1cc(C(=O)N2CCCC(c3nccn3C)C2)co1. The maximum Gasteiger partial charge on any atom is 0.275 e. The van der Waals surface area contributed by atoms with Crippen molar-refractivity contribution in [1.29, 1.82) is 0 Å². The van der Waals surface area contributed by atoms with Crippen LogP contribution in [0.5, 0.6) is 0 Å². The Morgan fingerprint density at radius 2 is 2.16 bits per heavy atom. The van der Waals surface area contributed by atoms with Crippen LogP contribution in [0.15, 0.2) is 34.2 Å². The van der Waals surface area contributed by atoms with Crippen molar-refractivity contribution in [3.63, 3.8) is 0 Å². The van der Waals surface area contributed by atoms with Crippen LogP contribution in [0.25, 0.3) is 0 Å². The van der Waals surface area contributed by atoms with E-state index in [1.807, 2.05) is 17.8 Å². The maximum atomic E-state index is 12.7. The van der Waals surface area contributed by atoms with Gasteiger partial charge in [0.15, 0.2) is 0 Å². The van der Waals surface area contributed by atoms with Crippen molar-refractivity contribution in [1.82, 2.24) is 18.8 Å². The molecule has 1 unspecified atom stereocenters. The molecule has 0 N–H and O–H groups in total. The number of furan rings is 1. The lowest BCUT2D eigenvalue weighted by molar-refractivity contribution is 0.0703. The number of sulfonamides is 1. The van der Waals surface area contributed by atoms with E-state index < -0.39 is 10.0 Å². The van der Waals surface area contributed by atoms with Gasteiger partial charge in [0.05, 0.1) is 5.56 Å². The summed E-state index contributed by atoms with van der Waals surface area (Å²) in [5.74, 6) is 0.915. The summed E-state index contributed by atoms with van der Waals surface area (Å²) in [7, 11) is 1.09. The van der Waals surface area contributed by atoms with Crippen LogP contribution >= 0.6 is 0 Å². The van der Waals surface area contributed by atoms with E-state index in [9.17, 15) is 13.2 Å². The fourth-order valence-corrected chi connectivity index (χ4v) is 3.87. The van der Waals surface area contributed by atoms with E-state index in [4.69, 9.17) is 4.42 Å². The number of likely N-dealkylation sites (tertiary alicyclic amines) is 1. The zero-order valence-electron chi connectivity index (χ0n) is 14.5. The van der Waals surface area contributed by atoms with Crippen LogP contribution in [-0.4, -0.2) is 60.3 Å². The Hall–Kier alpha value is -2.13. The molecule has 0 bridgehead atoms. The first-order valence-corrected chi connectivity index (χ1v) is 9.52. The number of amides is 1. The highest BCUT2D eigenvalue weighted by atomic mass is 32.2. The standard InChI is InChI=1S/C16H22N4O4S/c1-18(2)25(22,23)14-9-13(11-24-14)16(21)20-7-4-5-12(10-20)15-17-6-8-19(15)3/h6,8-9,11-12H,4-5,7,10H2,1-3H3. The van der Waals surface area contributed by atoms with Gasteiger partial charge < -0.3 is 13.9 Å². The summed E-state index contributed by atoms with van der Waals surface area (Å²) in [5.41, 5.74) is 0.251. The van der Waals surface area contributed by atoms with E-state index in [0.717, 1.165) is 23.0 Å². The largest absolute Gasteiger partial charge is 0.451 e. The van der Waals surface area contributed by atoms with Crippen LogP contribution < -0.4 is 0 Å². The van der Waals surface area contributed by atoms with Gasteiger partial charge >= 0.3 is 0 Å². The Kier molecular flexibility index (Phi) is 4.70. The van der Waals surface area contributed by atoms with Crippen LogP contribution in [0.1, 0.15) is 34.9 Å². The number of rotatable bonds is 4. The molecule has 0 aromatic carbocycles. The number of nitrogens with zero attached hydrogens (tertiary/aromatic N) is 4. The summed E-state index contributed by atoms with van der Waals surface area (Å²) in [6.07, 6.45) is 6.71. The number of carbonyl (C=O) groups is 1. The van der Waals surface area contributed by atoms with Gasteiger partial charge in [-0.1, -0.05) is 0 Å². The van der Waals surface area contributed by atoms with Crippen molar-refractivity contribution < 1.29 is 17.6 Å². The summed E-state index contributed by atoms with van der Waals surface area (Å²) in [5, 5.41) is -0.224. The molecule has 2 aromatic heterocycles. The third-order valence-electron chi connectivity index (χ3n) is 4.49. The summed E-state index contributed by atoms with van der Waals surface area (Å²) < 4.78 is 32.3. The molecule has 0 saturated carbocycles. The van der Waals surface area contributed by atoms with Crippen LogP contribution in [0.4, 0.5) is 0 Å². The third kappa shape index (κ3) is 3.34. The average Bonchev–Trinajstić information content (AvgIpc) is 3.23. The van der Waals surface area contributed by atoms with Crippen molar-refractivity contribution in [2.45, 2.75) is 23.9 Å². The predicted octanol–water partition coefficient (Wildman–Crippen LogP) is 1.28. The first-order valence-electron chi connectivity index (χ1n) is 8.08. The van der Waals surface area contributed by atoms with Gasteiger partial charge in [-0.3, -0.25) is 4.79 Å². The Labute approximate surface area is 147 Å². The quantitative estimate of drug-likeness (QED) is 0.813. The third-order valence-corrected chi connectivity index (χ3v) is 6.17. The lowest BCUT2D eigenvalue weighted by Crippen LogP contribution is -2.39. The fourth-order valence-electron chi connectivity index (χ4n) is 3.07. The second kappa shape index (κ2) is 6.64. The van der Waals surface area contributed by atoms with E-state index in [-0.39, 0.29) is 22.5 Å². The van der Waals surface area contributed by atoms with Gasteiger partial charge in [-0.15, -0.1) is 0 Å². The molecule has 3 heterocycles. The predicted molar refractivity (Wildman–Crippen MR) is 90.7 cm³/mol. The molecule has 1 saturated heterocycles. The highest BCUT2D eigenvalue weighted by Crippen LogP contribution is 2.27. The molecule has 0 spiro atoms. The molecule has 25 heavy (non-hydrogen) atoms. The topological polar surface area (TPSA) is 88.7 Å². The lowest BCUT2D eigenvalue weighted by Gasteiger charge is -2.32. The molecule has 136 valence electrons. The van der Waals surface area contributed by atoms with Gasteiger partial charge in [0.2, 0.25) is 5.09 Å². The van der Waals surface area contributed by atoms with E-state index in [1.165, 1.54) is 26.4 Å². The zero-order chi connectivity index (χ0) is 18.2. The first kappa shape index (κ1) is 17.7. The fraction of sp³-hybridized carbons (Fsp3) is 0.500. The van der Waals surface area contributed by atoms with Gasteiger partial charge in [-0.05, 0) is 12.8 Å². The molecule has 9 heteroatoms. The number of carbonyl (C=O) groups excluding carboxylic acids is 1. The lowest BCUT2D eigenvalue weighted by atomic mass is 9.96. The van der Waals surface area contributed by atoms with E-state index in [2.05, 4.69) is 4.98 Å². The summed E-state index contributed by atoms with van der Waals surface area (Å²) in [6, 6.07) is 1.29. The molecule has 1 aliphatic rings. The molecule has 0 radical (unpaired) electrons. The maximum absolute atomic E-state index is 12.7. The number of hydrogen-bond donors (Lipinski definition) is 0. The first-order chi connectivity index (χ1) is 11.8. The minimum atomic E-state index is -3.69. The Balaban J connectivity index is 1.77. The van der Waals surface area contributed by atoms with Crippen LogP contribution in [-0.2, 0) is 17.1 Å². The molecule has 2 aromatic rings. The molecule has 1 atom stereocenters. The number of hydrogen-bond acceptors (Lipinski definition) is 5. The van der Waals surface area contributed by atoms with E-state index >= 15 is 0 Å². The Morgan fingerprint density at radius 1 is 1.40 bits per heavy atom. The highest BCUT2D eigenvalue weighted by Gasteiger charge is 2.30. The van der Waals surface area contributed by atoms with Crippen LogP contribution in [0.2, 0.25) is 0 Å². The Morgan fingerprint density at radius 3 is 2.80 bits per heavy atom. The second-order valence-corrected chi connectivity index (χ2v) is 8.51. The van der Waals surface area contributed by atoms with Crippen molar-refractivity contribution in [3.05, 3.63) is 36.1 Å². The second-order valence-electron chi connectivity index (χ2n) is 6.43. The monoisotopic (exact) mass is 366 g/mol. The normalized spacial score (nSPS) is 18.7. The molecule has 8 nitrogen and oxygen atoms in total. The summed E-state index contributed by atoms with van der Waals surface area (Å²) in [6.45, 7) is 1.20. The molecule has 1 amide bonds. The molecule has 3 rings (SSSR count). The number of aromatic nitrogens is 2. The van der Waals surface area contributed by atoms with Crippen LogP contribution in [0.3, 0.4) is 0 Å². The number of piperidine rings is 1. The minimum Gasteiger partial charge on any atom is -0.451 e. The van der Waals surface area contributed by atoms with E-state index in [1.54, 1.807) is 11.1 Å². The van der Waals surface area contributed by atoms with Gasteiger partial charge in [0.1, 0.15) is 12.1 Å². The van der Waals surface area contributed by atoms with Gasteiger partial charge in [0.25, 0.3) is 15.9 Å². The van der Waals surface area contributed by atoms with Crippen molar-refractivity contribution in [3.8, 4) is 0 Å².